The molecule has 0 N–H and O–H groups in total. The van der Waals surface area contributed by atoms with E-state index < -0.39 is 0 Å². The summed E-state index contributed by atoms with van der Waals surface area (Å²) in [6.45, 7) is 2.21. The highest BCUT2D eigenvalue weighted by Gasteiger charge is 2.14. The van der Waals surface area contributed by atoms with Crippen molar-refractivity contribution in [2.75, 3.05) is 7.11 Å². The second kappa shape index (κ2) is 3.87. The van der Waals surface area contributed by atoms with E-state index in [1.54, 1.807) is 7.11 Å². The average Bonchev–Trinajstić information content (AvgIpc) is 2.27. The van der Waals surface area contributed by atoms with Gasteiger partial charge in [-0.2, -0.15) is 0 Å². The fraction of sp³-hybridized carbons (Fsp3) is 0.385. The van der Waals surface area contributed by atoms with E-state index >= 15 is 0 Å². The Morgan fingerprint density at radius 1 is 1.36 bits per heavy atom. The molecule has 0 spiro atoms. The summed E-state index contributed by atoms with van der Waals surface area (Å²) in [6, 6.07) is 6.33. The number of rotatable bonds is 2. The molecule has 1 aliphatic carbocycles. The summed E-state index contributed by atoms with van der Waals surface area (Å²) in [4.78, 5) is 0. The molecule has 1 heteroatoms. The molecule has 0 saturated carbocycles. The topological polar surface area (TPSA) is 9.23 Å². The number of benzene rings is 1. The van der Waals surface area contributed by atoms with Crippen molar-refractivity contribution in [1.82, 2.24) is 0 Å². The Kier molecular flexibility index (Phi) is 2.58. The zero-order valence-electron chi connectivity index (χ0n) is 8.84. The Balaban J connectivity index is 2.52. The summed E-state index contributed by atoms with van der Waals surface area (Å²) in [6.07, 6.45) is 5.72. The van der Waals surface area contributed by atoms with Gasteiger partial charge in [-0.15, -0.1) is 0 Å². The number of allylic oxidation sites excluding steroid dienone is 2. The minimum Gasteiger partial charge on any atom is -0.496 e. The molecule has 0 aromatic heterocycles. The molecule has 1 aliphatic rings. The van der Waals surface area contributed by atoms with Gasteiger partial charge in [0.2, 0.25) is 0 Å². The van der Waals surface area contributed by atoms with E-state index in [9.17, 15) is 0 Å². The number of hydrogen-bond acceptors (Lipinski definition) is 1. The predicted molar refractivity (Wildman–Crippen MR) is 59.6 cm³/mol. The zero-order valence-corrected chi connectivity index (χ0v) is 8.84. The fourth-order valence-corrected chi connectivity index (χ4v) is 2.15. The van der Waals surface area contributed by atoms with Gasteiger partial charge < -0.3 is 4.74 Å². The molecule has 0 heterocycles. The molecule has 1 aromatic carbocycles. The highest BCUT2D eigenvalue weighted by molar-refractivity contribution is 5.71. The second-order valence-electron chi connectivity index (χ2n) is 3.61. The van der Waals surface area contributed by atoms with Crippen molar-refractivity contribution in [3.8, 4) is 5.75 Å². The summed E-state index contributed by atoms with van der Waals surface area (Å²) in [7, 11) is 1.75. The lowest BCUT2D eigenvalue weighted by atomic mass is 9.89. The fourth-order valence-electron chi connectivity index (χ4n) is 2.15. The van der Waals surface area contributed by atoms with E-state index in [2.05, 4.69) is 31.2 Å². The number of hydrogen-bond donors (Lipinski definition) is 0. The smallest absolute Gasteiger partial charge is 0.122 e. The van der Waals surface area contributed by atoms with E-state index in [0.29, 0.717) is 0 Å². The molecule has 0 radical (unpaired) electrons. The maximum Gasteiger partial charge on any atom is 0.122 e. The molecule has 74 valence electrons. The third-order valence-electron chi connectivity index (χ3n) is 2.86. The maximum absolute atomic E-state index is 5.38. The van der Waals surface area contributed by atoms with Crippen molar-refractivity contribution in [1.29, 1.82) is 0 Å². The molecule has 0 atom stereocenters. The molecule has 0 unspecified atom stereocenters. The van der Waals surface area contributed by atoms with E-state index in [4.69, 9.17) is 4.74 Å². The Morgan fingerprint density at radius 2 is 2.21 bits per heavy atom. The molecule has 0 fully saturated rings. The molecule has 1 aromatic rings. The van der Waals surface area contributed by atoms with Gasteiger partial charge in [0.25, 0.3) is 0 Å². The summed E-state index contributed by atoms with van der Waals surface area (Å²) in [5, 5.41) is 0. The molecule has 14 heavy (non-hydrogen) atoms. The lowest BCUT2D eigenvalue weighted by molar-refractivity contribution is 0.409. The van der Waals surface area contributed by atoms with Crippen LogP contribution < -0.4 is 4.74 Å². The highest BCUT2D eigenvalue weighted by Crippen LogP contribution is 2.33. The molecule has 0 bridgehead atoms. The number of methoxy groups -OCH3 is 1. The normalized spacial score (nSPS) is 14.6. The van der Waals surface area contributed by atoms with Crippen LogP contribution in [0.2, 0.25) is 0 Å². The first kappa shape index (κ1) is 9.32. The highest BCUT2D eigenvalue weighted by atomic mass is 16.5. The van der Waals surface area contributed by atoms with Crippen LogP contribution in [0.5, 0.6) is 5.75 Å². The Hall–Kier alpha value is -1.24. The number of fused-ring (bicyclic) bond motifs is 1. The van der Waals surface area contributed by atoms with E-state index in [1.165, 1.54) is 16.7 Å². The van der Waals surface area contributed by atoms with Crippen LogP contribution in [0.3, 0.4) is 0 Å². The third kappa shape index (κ3) is 1.43. The molecule has 2 rings (SSSR count). The van der Waals surface area contributed by atoms with Crippen molar-refractivity contribution >= 4 is 5.57 Å². The Labute approximate surface area is 85.4 Å². The quantitative estimate of drug-likeness (QED) is 0.690. The lowest BCUT2D eigenvalue weighted by Gasteiger charge is -2.19. The molecular formula is C13H16O. The van der Waals surface area contributed by atoms with Crippen LogP contribution >= 0.6 is 0 Å². The van der Waals surface area contributed by atoms with Gasteiger partial charge in [0.05, 0.1) is 7.11 Å². The van der Waals surface area contributed by atoms with Gasteiger partial charge in [-0.3, -0.25) is 0 Å². The molecular weight excluding hydrogens is 172 g/mol. The van der Waals surface area contributed by atoms with Crippen molar-refractivity contribution in [3.63, 3.8) is 0 Å². The first-order valence-corrected chi connectivity index (χ1v) is 5.22. The molecule has 0 aliphatic heterocycles. The molecule has 0 amide bonds. The van der Waals surface area contributed by atoms with Crippen LogP contribution in [0.1, 0.15) is 30.9 Å². The van der Waals surface area contributed by atoms with Gasteiger partial charge in [-0.1, -0.05) is 25.1 Å². The zero-order chi connectivity index (χ0) is 9.97. The predicted octanol–water partition coefficient (Wildman–Crippen LogP) is 3.43. The van der Waals surface area contributed by atoms with E-state index in [1.807, 2.05) is 0 Å². The van der Waals surface area contributed by atoms with Gasteiger partial charge >= 0.3 is 0 Å². The summed E-state index contributed by atoms with van der Waals surface area (Å²) in [5.41, 5.74) is 4.23. The van der Waals surface area contributed by atoms with Crippen LogP contribution in [0.4, 0.5) is 0 Å². The first-order valence-electron chi connectivity index (χ1n) is 5.22. The summed E-state index contributed by atoms with van der Waals surface area (Å²) >= 11 is 0. The van der Waals surface area contributed by atoms with Gasteiger partial charge in [0.1, 0.15) is 5.75 Å². The molecule has 1 nitrogen and oxygen atoms in total. The minimum absolute atomic E-state index is 1.04. The van der Waals surface area contributed by atoms with Crippen LogP contribution in [-0.2, 0) is 6.42 Å². The largest absolute Gasteiger partial charge is 0.496 e. The lowest BCUT2D eigenvalue weighted by Crippen LogP contribution is -2.01. The first-order chi connectivity index (χ1) is 6.86. The van der Waals surface area contributed by atoms with Gasteiger partial charge in [-0.25, -0.2) is 0 Å². The maximum atomic E-state index is 5.38. The van der Waals surface area contributed by atoms with Crippen LogP contribution in [-0.4, -0.2) is 7.11 Å². The van der Waals surface area contributed by atoms with E-state index in [0.717, 1.165) is 25.0 Å². The minimum atomic E-state index is 1.04. The van der Waals surface area contributed by atoms with Crippen molar-refractivity contribution in [3.05, 3.63) is 35.4 Å². The SMILES string of the molecule is CCC1=CCCc2c(OC)cccc21. The van der Waals surface area contributed by atoms with Crippen LogP contribution in [0.25, 0.3) is 5.57 Å². The summed E-state index contributed by atoms with van der Waals surface area (Å²) < 4.78 is 5.38. The van der Waals surface area contributed by atoms with Crippen molar-refractivity contribution in [2.45, 2.75) is 26.2 Å². The van der Waals surface area contributed by atoms with E-state index in [-0.39, 0.29) is 0 Å². The van der Waals surface area contributed by atoms with Crippen LogP contribution in [0.15, 0.2) is 24.3 Å². The standard InChI is InChI=1S/C13H16O/c1-3-10-6-4-8-12-11(10)7-5-9-13(12)14-2/h5-7,9H,3-4,8H2,1-2H3. The average molecular weight is 188 g/mol. The Morgan fingerprint density at radius 3 is 2.93 bits per heavy atom. The van der Waals surface area contributed by atoms with Crippen molar-refractivity contribution in [2.24, 2.45) is 0 Å². The van der Waals surface area contributed by atoms with Gasteiger partial charge in [0, 0.05) is 5.56 Å². The second-order valence-corrected chi connectivity index (χ2v) is 3.61. The van der Waals surface area contributed by atoms with Crippen LogP contribution in [0, 0.1) is 0 Å². The third-order valence-corrected chi connectivity index (χ3v) is 2.86. The summed E-state index contributed by atoms with van der Waals surface area (Å²) in [5.74, 6) is 1.04. The monoisotopic (exact) mass is 188 g/mol. The Bertz CT molecular complexity index is 363. The van der Waals surface area contributed by atoms with Crippen molar-refractivity contribution < 1.29 is 4.74 Å². The van der Waals surface area contributed by atoms with Gasteiger partial charge in [0.15, 0.2) is 0 Å². The molecule has 0 saturated heterocycles. The number of ether oxygens (including phenoxy) is 1. The van der Waals surface area contributed by atoms with Gasteiger partial charge in [-0.05, 0) is 36.5 Å².